The Morgan fingerprint density at radius 2 is 1.97 bits per heavy atom. The van der Waals surface area contributed by atoms with Crippen LogP contribution >= 0.6 is 11.3 Å². The molecule has 1 aliphatic heterocycles. The van der Waals surface area contributed by atoms with E-state index in [-0.39, 0.29) is 36.1 Å². The predicted octanol–water partition coefficient (Wildman–Crippen LogP) is 2.80. The minimum Gasteiger partial charge on any atom is -0.495 e. The summed E-state index contributed by atoms with van der Waals surface area (Å²) in [5.74, 6) is 0.416. The number of benzene rings is 1. The van der Waals surface area contributed by atoms with Crippen molar-refractivity contribution in [3.63, 3.8) is 0 Å². The fraction of sp³-hybridized carbons (Fsp3) is 0.571. The molecular weight excluding hydrogens is 452 g/mol. The van der Waals surface area contributed by atoms with E-state index in [0.29, 0.717) is 29.8 Å². The zero-order chi connectivity index (χ0) is 22.6. The highest BCUT2D eigenvalue weighted by molar-refractivity contribution is 7.89. The van der Waals surface area contributed by atoms with Crippen LogP contribution in [0, 0.1) is 0 Å². The molecule has 2 aromatic rings. The van der Waals surface area contributed by atoms with Gasteiger partial charge in [-0.3, -0.25) is 4.79 Å². The number of rotatable bonds is 7. The molecule has 0 radical (unpaired) electrons. The second kappa shape index (κ2) is 10.2. The Balaban J connectivity index is 1.45. The molecule has 2 aliphatic rings. The number of amides is 1. The largest absolute Gasteiger partial charge is 0.495 e. The van der Waals surface area contributed by atoms with Gasteiger partial charge in [0.05, 0.1) is 26.7 Å². The van der Waals surface area contributed by atoms with E-state index in [1.165, 1.54) is 48.1 Å². The van der Waals surface area contributed by atoms with Gasteiger partial charge in [0, 0.05) is 19.0 Å². The van der Waals surface area contributed by atoms with Gasteiger partial charge in [-0.05, 0) is 30.5 Å². The number of anilines is 1. The molecule has 11 heteroatoms. The standard InChI is InChI=1S/C21H28N4O5S2/c1-29-17-8-7-15(13-18(17)32(27,28)25-9-11-30-12-10-25)14-19(26)22-21-24-23-20(31-21)16-5-3-2-4-6-16/h7-8,13,16H,2-6,9-12,14H2,1H3,(H,22,24,26). The van der Waals surface area contributed by atoms with Gasteiger partial charge in [0.2, 0.25) is 21.1 Å². The summed E-state index contributed by atoms with van der Waals surface area (Å²) in [6, 6.07) is 4.79. The van der Waals surface area contributed by atoms with E-state index in [1.54, 1.807) is 12.1 Å². The van der Waals surface area contributed by atoms with Crippen LogP contribution in [0.4, 0.5) is 5.13 Å². The number of hydrogen-bond donors (Lipinski definition) is 1. The molecule has 2 heterocycles. The monoisotopic (exact) mass is 480 g/mol. The van der Waals surface area contributed by atoms with Crippen LogP contribution in [0.3, 0.4) is 0 Å². The first-order valence-corrected chi connectivity index (χ1v) is 13.1. The molecule has 1 aromatic carbocycles. The van der Waals surface area contributed by atoms with Crippen LogP contribution in [0.1, 0.15) is 48.6 Å². The molecule has 174 valence electrons. The van der Waals surface area contributed by atoms with Crippen LogP contribution in [0.5, 0.6) is 5.75 Å². The van der Waals surface area contributed by atoms with E-state index in [0.717, 1.165) is 17.8 Å². The van der Waals surface area contributed by atoms with Crippen molar-refractivity contribution in [2.24, 2.45) is 0 Å². The maximum atomic E-state index is 13.1. The first-order chi connectivity index (χ1) is 15.5. The van der Waals surface area contributed by atoms with Gasteiger partial charge in [0.25, 0.3) is 0 Å². The Morgan fingerprint density at radius 1 is 1.22 bits per heavy atom. The number of nitrogens with one attached hydrogen (secondary N) is 1. The minimum atomic E-state index is -3.75. The summed E-state index contributed by atoms with van der Waals surface area (Å²) in [6.07, 6.45) is 5.94. The van der Waals surface area contributed by atoms with Gasteiger partial charge < -0.3 is 14.8 Å². The number of methoxy groups -OCH3 is 1. The van der Waals surface area contributed by atoms with Gasteiger partial charge >= 0.3 is 0 Å². The molecule has 0 bridgehead atoms. The van der Waals surface area contributed by atoms with Gasteiger partial charge in [-0.25, -0.2) is 8.42 Å². The topological polar surface area (TPSA) is 111 Å². The molecule has 32 heavy (non-hydrogen) atoms. The smallest absolute Gasteiger partial charge is 0.246 e. The number of carbonyl (C=O) groups is 1. The maximum Gasteiger partial charge on any atom is 0.246 e. The fourth-order valence-corrected chi connectivity index (χ4v) is 6.65. The van der Waals surface area contributed by atoms with Crippen molar-refractivity contribution < 1.29 is 22.7 Å². The maximum absolute atomic E-state index is 13.1. The van der Waals surface area contributed by atoms with Crippen molar-refractivity contribution >= 4 is 32.4 Å². The highest BCUT2D eigenvalue weighted by Crippen LogP contribution is 2.35. The number of hydrogen-bond acceptors (Lipinski definition) is 8. The van der Waals surface area contributed by atoms with Crippen LogP contribution in [0.25, 0.3) is 0 Å². The number of morpholine rings is 1. The molecular formula is C21H28N4O5S2. The van der Waals surface area contributed by atoms with Crippen LogP contribution in [0.2, 0.25) is 0 Å². The second-order valence-corrected chi connectivity index (χ2v) is 10.9. The third kappa shape index (κ3) is 5.28. The molecule has 1 saturated heterocycles. The molecule has 9 nitrogen and oxygen atoms in total. The second-order valence-electron chi connectivity index (χ2n) is 8.01. The molecule has 1 saturated carbocycles. The van der Waals surface area contributed by atoms with E-state index >= 15 is 0 Å². The van der Waals surface area contributed by atoms with Crippen molar-refractivity contribution in [2.75, 3.05) is 38.7 Å². The number of aromatic nitrogens is 2. The molecule has 2 fully saturated rings. The lowest BCUT2D eigenvalue weighted by Gasteiger charge is -2.26. The summed E-state index contributed by atoms with van der Waals surface area (Å²) >= 11 is 1.42. The van der Waals surface area contributed by atoms with Gasteiger partial charge in [-0.1, -0.05) is 36.7 Å². The normalized spacial score (nSPS) is 18.4. The first kappa shape index (κ1) is 23.1. The minimum absolute atomic E-state index is 0.0218. The predicted molar refractivity (Wildman–Crippen MR) is 121 cm³/mol. The van der Waals surface area contributed by atoms with Crippen molar-refractivity contribution in [2.45, 2.75) is 49.3 Å². The van der Waals surface area contributed by atoms with E-state index in [2.05, 4.69) is 15.5 Å². The first-order valence-electron chi connectivity index (χ1n) is 10.9. The Bertz CT molecular complexity index is 1040. The number of ether oxygens (including phenoxy) is 2. The molecule has 1 aliphatic carbocycles. The Hall–Kier alpha value is -2.08. The SMILES string of the molecule is COc1ccc(CC(=O)Nc2nnc(C3CCCCC3)s2)cc1S(=O)(=O)N1CCOCC1. The van der Waals surface area contributed by atoms with Crippen molar-refractivity contribution in [3.8, 4) is 5.75 Å². The summed E-state index contributed by atoms with van der Waals surface area (Å²) in [7, 11) is -2.32. The summed E-state index contributed by atoms with van der Waals surface area (Å²) in [4.78, 5) is 12.7. The fourth-order valence-electron chi connectivity index (χ4n) is 4.11. The molecule has 1 amide bonds. The van der Waals surface area contributed by atoms with E-state index in [9.17, 15) is 13.2 Å². The van der Waals surface area contributed by atoms with Gasteiger partial charge in [0.15, 0.2) is 0 Å². The Morgan fingerprint density at radius 3 is 2.69 bits per heavy atom. The average Bonchev–Trinajstić information content (AvgIpc) is 3.28. The lowest BCUT2D eigenvalue weighted by Crippen LogP contribution is -2.40. The molecule has 1 aromatic heterocycles. The summed E-state index contributed by atoms with van der Waals surface area (Å²) in [5, 5.41) is 12.6. The Kier molecular flexibility index (Phi) is 7.39. The third-order valence-corrected chi connectivity index (χ3v) is 8.74. The van der Waals surface area contributed by atoms with Crippen molar-refractivity contribution in [3.05, 3.63) is 28.8 Å². The Labute approximate surface area is 192 Å². The van der Waals surface area contributed by atoms with E-state index in [1.807, 2.05) is 0 Å². The van der Waals surface area contributed by atoms with Crippen LogP contribution in [-0.4, -0.2) is 62.2 Å². The van der Waals surface area contributed by atoms with E-state index in [4.69, 9.17) is 9.47 Å². The lowest BCUT2D eigenvalue weighted by molar-refractivity contribution is -0.115. The third-order valence-electron chi connectivity index (χ3n) is 5.82. The summed E-state index contributed by atoms with van der Waals surface area (Å²) in [5.41, 5.74) is 0.576. The van der Waals surface area contributed by atoms with Crippen LogP contribution < -0.4 is 10.1 Å². The van der Waals surface area contributed by atoms with E-state index < -0.39 is 10.0 Å². The molecule has 1 N–H and O–H groups in total. The van der Waals surface area contributed by atoms with Crippen molar-refractivity contribution in [1.82, 2.24) is 14.5 Å². The average molecular weight is 481 g/mol. The van der Waals surface area contributed by atoms with Gasteiger partial charge in [-0.2, -0.15) is 4.31 Å². The quantitative estimate of drug-likeness (QED) is 0.649. The summed E-state index contributed by atoms with van der Waals surface area (Å²) < 4.78 is 38.2. The molecule has 4 rings (SSSR count). The zero-order valence-corrected chi connectivity index (χ0v) is 19.7. The van der Waals surface area contributed by atoms with Crippen molar-refractivity contribution in [1.29, 1.82) is 0 Å². The van der Waals surface area contributed by atoms with Gasteiger partial charge in [0.1, 0.15) is 15.7 Å². The van der Waals surface area contributed by atoms with Crippen LogP contribution in [0.15, 0.2) is 23.1 Å². The molecule has 0 unspecified atom stereocenters. The number of carbonyl (C=O) groups excluding carboxylic acids is 1. The number of sulfonamides is 1. The molecule has 0 atom stereocenters. The highest BCUT2D eigenvalue weighted by Gasteiger charge is 2.29. The van der Waals surface area contributed by atoms with Crippen LogP contribution in [-0.2, 0) is 26.0 Å². The zero-order valence-electron chi connectivity index (χ0n) is 18.1. The molecule has 0 spiro atoms. The van der Waals surface area contributed by atoms with Gasteiger partial charge in [-0.15, -0.1) is 10.2 Å². The number of nitrogens with zero attached hydrogens (tertiary/aromatic N) is 3. The summed E-state index contributed by atoms with van der Waals surface area (Å²) in [6.45, 7) is 1.29. The lowest BCUT2D eigenvalue weighted by atomic mass is 9.90. The highest BCUT2D eigenvalue weighted by atomic mass is 32.2.